The number of aromatic amines is 1. The minimum atomic E-state index is -4.59. The van der Waals surface area contributed by atoms with E-state index in [0.717, 1.165) is 18.2 Å². The predicted octanol–water partition coefficient (Wildman–Crippen LogP) is 4.81. The van der Waals surface area contributed by atoms with Crippen LogP contribution in [0, 0.1) is 5.82 Å². The van der Waals surface area contributed by atoms with Gasteiger partial charge in [0.15, 0.2) is 6.29 Å². The summed E-state index contributed by atoms with van der Waals surface area (Å²) in [7, 11) is 1.35. The van der Waals surface area contributed by atoms with Crippen LogP contribution in [0.4, 0.5) is 17.6 Å². The van der Waals surface area contributed by atoms with Gasteiger partial charge in [0.05, 0.1) is 23.9 Å². The van der Waals surface area contributed by atoms with E-state index in [2.05, 4.69) is 4.98 Å². The highest BCUT2D eigenvalue weighted by Gasteiger charge is 2.34. The first kappa shape index (κ1) is 16.0. The van der Waals surface area contributed by atoms with Gasteiger partial charge < -0.3 is 9.72 Å². The molecule has 3 aromatic rings. The van der Waals surface area contributed by atoms with Crippen LogP contribution in [-0.4, -0.2) is 18.4 Å². The summed E-state index contributed by atoms with van der Waals surface area (Å²) in [6.45, 7) is 0. The third kappa shape index (κ3) is 2.51. The second kappa shape index (κ2) is 5.67. The Kier molecular flexibility index (Phi) is 3.79. The number of alkyl halides is 3. The lowest BCUT2D eigenvalue weighted by atomic mass is 10.0. The normalized spacial score (nSPS) is 11.7. The van der Waals surface area contributed by atoms with Gasteiger partial charge in [0, 0.05) is 16.5 Å². The van der Waals surface area contributed by atoms with Crippen molar-refractivity contribution < 1.29 is 27.1 Å². The number of ether oxygens (including phenoxy) is 1. The second-order valence-corrected chi connectivity index (χ2v) is 5.10. The number of fused-ring (bicyclic) bond motifs is 1. The Hall–Kier alpha value is -2.83. The van der Waals surface area contributed by atoms with Crippen LogP contribution in [0.5, 0.6) is 5.75 Å². The summed E-state index contributed by atoms with van der Waals surface area (Å²) in [5.74, 6) is -0.364. The van der Waals surface area contributed by atoms with E-state index >= 15 is 0 Å². The molecule has 1 heterocycles. The summed E-state index contributed by atoms with van der Waals surface area (Å²) in [5, 5.41) is 0.112. The van der Waals surface area contributed by atoms with Crippen LogP contribution >= 0.6 is 0 Å². The van der Waals surface area contributed by atoms with Gasteiger partial charge in [-0.15, -0.1) is 0 Å². The lowest BCUT2D eigenvalue weighted by Gasteiger charge is -2.08. The molecule has 0 bridgehead atoms. The number of H-pyrrole nitrogens is 1. The lowest BCUT2D eigenvalue weighted by Crippen LogP contribution is -2.05. The molecule has 0 amide bonds. The number of hydrogen-bond acceptors (Lipinski definition) is 2. The number of hydrogen-bond donors (Lipinski definition) is 1. The number of para-hydroxylation sites is 1. The summed E-state index contributed by atoms with van der Waals surface area (Å²) in [6, 6.07) is 7.14. The third-order valence-electron chi connectivity index (χ3n) is 3.73. The average Bonchev–Trinajstić information content (AvgIpc) is 2.92. The summed E-state index contributed by atoms with van der Waals surface area (Å²) in [5.41, 5.74) is -0.866. The Bertz CT molecular complexity index is 928. The minimum absolute atomic E-state index is 0.0139. The summed E-state index contributed by atoms with van der Waals surface area (Å²) in [6.07, 6.45) is -4.15. The number of rotatable bonds is 3. The lowest BCUT2D eigenvalue weighted by molar-refractivity contribution is -0.136. The fourth-order valence-electron chi connectivity index (χ4n) is 2.69. The van der Waals surface area contributed by atoms with E-state index in [-0.39, 0.29) is 33.5 Å². The molecule has 3 nitrogen and oxygen atoms in total. The molecule has 2 aromatic carbocycles. The predicted molar refractivity (Wildman–Crippen MR) is 80.6 cm³/mol. The van der Waals surface area contributed by atoms with E-state index in [9.17, 15) is 22.4 Å². The average molecular weight is 337 g/mol. The highest BCUT2D eigenvalue weighted by Crippen LogP contribution is 2.40. The van der Waals surface area contributed by atoms with E-state index in [1.807, 2.05) is 0 Å². The molecule has 1 N–H and O–H groups in total. The van der Waals surface area contributed by atoms with Crippen molar-refractivity contribution in [2.75, 3.05) is 7.11 Å². The van der Waals surface area contributed by atoms with Gasteiger partial charge in [0.25, 0.3) is 0 Å². The standard InChI is InChI=1S/C17H11F4NO2/c1-24-14-6-5-9(18)7-11(14)15-12(8-23)10-3-2-4-13(16(10)22-15)17(19,20)21/h2-8,22H,1H3. The highest BCUT2D eigenvalue weighted by molar-refractivity contribution is 6.06. The molecule has 0 radical (unpaired) electrons. The van der Waals surface area contributed by atoms with Crippen LogP contribution in [0.1, 0.15) is 15.9 Å². The molecule has 1 aromatic heterocycles. The van der Waals surface area contributed by atoms with Crippen LogP contribution < -0.4 is 4.74 Å². The number of carbonyl (C=O) groups is 1. The Balaban J connectivity index is 2.38. The molecule has 0 saturated carbocycles. The molecule has 0 unspecified atom stereocenters. The van der Waals surface area contributed by atoms with Crippen molar-refractivity contribution in [2.24, 2.45) is 0 Å². The molecular weight excluding hydrogens is 326 g/mol. The van der Waals surface area contributed by atoms with Gasteiger partial charge in [-0.05, 0) is 24.3 Å². The van der Waals surface area contributed by atoms with E-state index in [1.54, 1.807) is 0 Å². The van der Waals surface area contributed by atoms with Gasteiger partial charge in [0.2, 0.25) is 0 Å². The smallest absolute Gasteiger partial charge is 0.418 e. The maximum absolute atomic E-state index is 13.6. The van der Waals surface area contributed by atoms with E-state index in [4.69, 9.17) is 4.74 Å². The number of carbonyl (C=O) groups excluding carboxylic acids is 1. The highest BCUT2D eigenvalue weighted by atomic mass is 19.4. The van der Waals surface area contributed by atoms with Crippen molar-refractivity contribution in [3.63, 3.8) is 0 Å². The molecule has 0 saturated heterocycles. The van der Waals surface area contributed by atoms with Crippen molar-refractivity contribution in [1.82, 2.24) is 4.98 Å². The van der Waals surface area contributed by atoms with Crippen LogP contribution in [0.3, 0.4) is 0 Å². The molecule has 0 aliphatic carbocycles. The Morgan fingerprint density at radius 2 is 1.92 bits per heavy atom. The quantitative estimate of drug-likeness (QED) is 0.550. The number of aromatic nitrogens is 1. The topological polar surface area (TPSA) is 42.1 Å². The first-order valence-corrected chi connectivity index (χ1v) is 6.87. The van der Waals surface area contributed by atoms with Gasteiger partial charge in [-0.1, -0.05) is 12.1 Å². The van der Waals surface area contributed by atoms with Crippen LogP contribution in [0.2, 0.25) is 0 Å². The molecule has 0 aliphatic heterocycles. The molecule has 0 fully saturated rings. The van der Waals surface area contributed by atoms with E-state index < -0.39 is 17.6 Å². The number of aldehydes is 1. The number of benzene rings is 2. The molecule has 0 aliphatic rings. The summed E-state index contributed by atoms with van der Waals surface area (Å²) >= 11 is 0. The second-order valence-electron chi connectivity index (χ2n) is 5.10. The zero-order valence-corrected chi connectivity index (χ0v) is 12.4. The maximum atomic E-state index is 13.6. The molecule has 124 valence electrons. The van der Waals surface area contributed by atoms with Gasteiger partial charge in [-0.25, -0.2) is 4.39 Å². The van der Waals surface area contributed by atoms with Crippen molar-refractivity contribution >= 4 is 17.2 Å². The van der Waals surface area contributed by atoms with Crippen LogP contribution in [0.15, 0.2) is 36.4 Å². The van der Waals surface area contributed by atoms with Crippen molar-refractivity contribution in [2.45, 2.75) is 6.18 Å². The van der Waals surface area contributed by atoms with E-state index in [1.165, 1.54) is 25.3 Å². The Labute approximate surface area is 133 Å². The number of methoxy groups -OCH3 is 1. The Morgan fingerprint density at radius 3 is 2.54 bits per heavy atom. The van der Waals surface area contributed by atoms with Crippen LogP contribution in [0.25, 0.3) is 22.2 Å². The monoisotopic (exact) mass is 337 g/mol. The zero-order valence-electron chi connectivity index (χ0n) is 12.4. The fourth-order valence-corrected chi connectivity index (χ4v) is 2.69. The fraction of sp³-hybridized carbons (Fsp3) is 0.118. The van der Waals surface area contributed by atoms with E-state index in [0.29, 0.717) is 6.29 Å². The molecule has 7 heteroatoms. The molecule has 24 heavy (non-hydrogen) atoms. The number of halogens is 4. The van der Waals surface area contributed by atoms with Crippen molar-refractivity contribution in [1.29, 1.82) is 0 Å². The van der Waals surface area contributed by atoms with Gasteiger partial charge in [0.1, 0.15) is 11.6 Å². The zero-order chi connectivity index (χ0) is 17.5. The third-order valence-corrected chi connectivity index (χ3v) is 3.73. The first-order chi connectivity index (χ1) is 11.4. The Morgan fingerprint density at radius 1 is 1.17 bits per heavy atom. The van der Waals surface area contributed by atoms with Crippen molar-refractivity contribution in [3.05, 3.63) is 53.3 Å². The number of nitrogens with one attached hydrogen (secondary N) is 1. The van der Waals surface area contributed by atoms with Crippen molar-refractivity contribution in [3.8, 4) is 17.0 Å². The summed E-state index contributed by atoms with van der Waals surface area (Å²) in [4.78, 5) is 14.1. The largest absolute Gasteiger partial charge is 0.496 e. The minimum Gasteiger partial charge on any atom is -0.496 e. The summed E-state index contributed by atoms with van der Waals surface area (Å²) < 4.78 is 58.3. The molecule has 0 spiro atoms. The van der Waals surface area contributed by atoms with Crippen LogP contribution in [-0.2, 0) is 6.18 Å². The molecule has 3 rings (SSSR count). The van der Waals surface area contributed by atoms with Gasteiger partial charge in [-0.2, -0.15) is 13.2 Å². The maximum Gasteiger partial charge on any atom is 0.418 e. The molecule has 0 atom stereocenters. The SMILES string of the molecule is COc1ccc(F)cc1-c1[nH]c2c(C(F)(F)F)cccc2c1C=O. The first-order valence-electron chi connectivity index (χ1n) is 6.87. The van der Waals surface area contributed by atoms with Gasteiger partial charge >= 0.3 is 6.18 Å². The van der Waals surface area contributed by atoms with Gasteiger partial charge in [-0.3, -0.25) is 4.79 Å². The molecular formula is C17H11F4NO2.